The fourth-order valence-corrected chi connectivity index (χ4v) is 3.31. The molecule has 0 aliphatic carbocycles. The van der Waals surface area contributed by atoms with E-state index in [0.717, 1.165) is 22.6 Å². The monoisotopic (exact) mass is 515 g/mol. The first-order chi connectivity index (χ1) is 18.2. The van der Waals surface area contributed by atoms with Gasteiger partial charge < -0.3 is 24.8 Å². The van der Waals surface area contributed by atoms with E-state index in [4.69, 9.17) is 19.5 Å². The molecule has 0 radical (unpaired) electrons. The largest absolute Gasteiger partial charge is 0.493 e. The molecule has 0 saturated carbocycles. The Morgan fingerprint density at radius 1 is 0.763 bits per heavy atom. The lowest BCUT2D eigenvalue weighted by Gasteiger charge is -2.19. The van der Waals surface area contributed by atoms with Gasteiger partial charge in [-0.05, 0) is 80.4 Å². The van der Waals surface area contributed by atoms with Crippen molar-refractivity contribution in [3.8, 4) is 17.6 Å². The molecule has 0 aliphatic rings. The predicted molar refractivity (Wildman–Crippen MR) is 144 cm³/mol. The highest BCUT2D eigenvalue weighted by Gasteiger charge is 2.15. The molecule has 0 saturated heterocycles. The van der Waals surface area contributed by atoms with E-state index in [-0.39, 0.29) is 5.91 Å². The third-order valence-electron chi connectivity index (χ3n) is 5.24. The fourth-order valence-electron chi connectivity index (χ4n) is 3.31. The Morgan fingerprint density at radius 3 is 1.74 bits per heavy atom. The van der Waals surface area contributed by atoms with Crippen molar-refractivity contribution in [3.05, 3.63) is 95.1 Å². The number of ether oxygens (including phenoxy) is 3. The van der Waals surface area contributed by atoms with E-state index >= 15 is 0 Å². The molecule has 3 aromatic carbocycles. The summed E-state index contributed by atoms with van der Waals surface area (Å²) in [5.41, 5.74) is 2.40. The zero-order valence-corrected chi connectivity index (χ0v) is 22.0. The first kappa shape index (κ1) is 28.1. The van der Waals surface area contributed by atoms with Crippen LogP contribution in [0.3, 0.4) is 0 Å². The Labute approximate surface area is 223 Å². The van der Waals surface area contributed by atoms with Crippen molar-refractivity contribution < 1.29 is 23.8 Å². The van der Waals surface area contributed by atoms with E-state index in [2.05, 4.69) is 10.6 Å². The molecule has 198 valence electrons. The minimum Gasteiger partial charge on any atom is -0.493 e. The van der Waals surface area contributed by atoms with Crippen LogP contribution >= 0.6 is 0 Å². The molecule has 8 nitrogen and oxygen atoms in total. The van der Waals surface area contributed by atoms with Gasteiger partial charge in [0.2, 0.25) is 0 Å². The van der Waals surface area contributed by atoms with E-state index in [0.29, 0.717) is 43.9 Å². The van der Waals surface area contributed by atoms with Crippen LogP contribution < -0.4 is 20.1 Å². The summed E-state index contributed by atoms with van der Waals surface area (Å²) < 4.78 is 16.8. The minimum atomic E-state index is -0.525. The summed E-state index contributed by atoms with van der Waals surface area (Å²) in [5, 5.41) is 14.4. The lowest BCUT2D eigenvalue weighted by molar-refractivity contribution is 0.0523. The molecule has 0 unspecified atom stereocenters. The van der Waals surface area contributed by atoms with Crippen molar-refractivity contribution in [2.75, 3.05) is 13.2 Å². The van der Waals surface area contributed by atoms with Gasteiger partial charge in [-0.3, -0.25) is 4.79 Å². The van der Waals surface area contributed by atoms with Crippen LogP contribution in [0.1, 0.15) is 54.2 Å². The third-order valence-corrected chi connectivity index (χ3v) is 5.24. The Bertz CT molecular complexity index is 1230. The highest BCUT2D eigenvalue weighted by molar-refractivity contribution is 5.94. The van der Waals surface area contributed by atoms with Crippen LogP contribution in [0.25, 0.3) is 0 Å². The third kappa shape index (κ3) is 9.86. The molecule has 0 aromatic heterocycles. The van der Waals surface area contributed by atoms with E-state index in [1.54, 1.807) is 24.3 Å². The SMILES string of the molecule is CC(C)(C)OC(=O)NCc1ccc(OCCCOc2ccc(CNC(=O)c3ccc(C#N)cc3)cc2)cc1. The maximum absolute atomic E-state index is 12.3. The molecule has 2 amide bonds. The van der Waals surface area contributed by atoms with Gasteiger partial charge in [-0.1, -0.05) is 24.3 Å². The number of nitrogens with one attached hydrogen (secondary N) is 2. The number of carbonyl (C=O) groups excluding carboxylic acids is 2. The Morgan fingerprint density at radius 2 is 1.26 bits per heavy atom. The van der Waals surface area contributed by atoms with Crippen molar-refractivity contribution in [2.45, 2.75) is 45.9 Å². The molecular weight excluding hydrogens is 482 g/mol. The summed E-state index contributed by atoms with van der Waals surface area (Å²) in [7, 11) is 0. The molecule has 0 fully saturated rings. The second kappa shape index (κ2) is 13.7. The van der Waals surface area contributed by atoms with E-state index < -0.39 is 11.7 Å². The van der Waals surface area contributed by atoms with Crippen LogP contribution in [0, 0.1) is 11.3 Å². The quantitative estimate of drug-likeness (QED) is 0.333. The highest BCUT2D eigenvalue weighted by atomic mass is 16.6. The number of amides is 2. The lowest BCUT2D eigenvalue weighted by atomic mass is 10.1. The van der Waals surface area contributed by atoms with E-state index in [1.165, 1.54) is 0 Å². The minimum absolute atomic E-state index is 0.193. The Hall–Kier alpha value is -4.51. The molecule has 0 bridgehead atoms. The summed E-state index contributed by atoms with van der Waals surface area (Å²) in [6.07, 6.45) is 0.267. The molecule has 2 N–H and O–H groups in total. The molecule has 0 atom stereocenters. The van der Waals surface area contributed by atoms with Crippen molar-refractivity contribution >= 4 is 12.0 Å². The van der Waals surface area contributed by atoms with Gasteiger partial charge in [0.25, 0.3) is 5.91 Å². The molecule has 0 heterocycles. The zero-order valence-electron chi connectivity index (χ0n) is 22.0. The molecule has 8 heteroatoms. The maximum atomic E-state index is 12.3. The van der Waals surface area contributed by atoms with E-state index in [9.17, 15) is 9.59 Å². The number of carbonyl (C=O) groups is 2. The first-order valence-corrected chi connectivity index (χ1v) is 12.4. The maximum Gasteiger partial charge on any atom is 0.407 e. The van der Waals surface area contributed by atoms with Crippen LogP contribution in [-0.4, -0.2) is 30.8 Å². The second-order valence-corrected chi connectivity index (χ2v) is 9.57. The van der Waals surface area contributed by atoms with Gasteiger partial charge in [-0.2, -0.15) is 5.26 Å². The Kier molecular flexibility index (Phi) is 10.1. The highest BCUT2D eigenvalue weighted by Crippen LogP contribution is 2.15. The average molecular weight is 516 g/mol. The van der Waals surface area contributed by atoms with Crippen molar-refractivity contribution in [1.29, 1.82) is 5.26 Å². The van der Waals surface area contributed by atoms with Crippen molar-refractivity contribution in [2.24, 2.45) is 0 Å². The standard InChI is InChI=1S/C30H33N3O5/c1-30(2,3)38-29(35)33-21-24-9-15-27(16-10-24)37-18-4-17-36-26-13-7-23(8-14-26)20-32-28(34)25-11-5-22(19-31)6-12-25/h5-16H,4,17-18,20-21H2,1-3H3,(H,32,34)(H,33,35). The first-order valence-electron chi connectivity index (χ1n) is 12.4. The van der Waals surface area contributed by atoms with E-state index in [1.807, 2.05) is 75.4 Å². The number of rotatable bonds is 11. The van der Waals surface area contributed by atoms with Gasteiger partial charge >= 0.3 is 6.09 Å². The van der Waals surface area contributed by atoms with Gasteiger partial charge in [0.15, 0.2) is 0 Å². The van der Waals surface area contributed by atoms with Crippen LogP contribution in [0.4, 0.5) is 4.79 Å². The van der Waals surface area contributed by atoms with Crippen molar-refractivity contribution in [3.63, 3.8) is 0 Å². The second-order valence-electron chi connectivity index (χ2n) is 9.57. The summed E-state index contributed by atoms with van der Waals surface area (Å²) in [6, 6.07) is 23.6. The van der Waals surface area contributed by atoms with Gasteiger partial charge in [0, 0.05) is 25.1 Å². The molecular formula is C30H33N3O5. The van der Waals surface area contributed by atoms with Gasteiger partial charge in [-0.15, -0.1) is 0 Å². The smallest absolute Gasteiger partial charge is 0.407 e. The molecule has 3 aromatic rings. The topological polar surface area (TPSA) is 110 Å². The average Bonchev–Trinajstić information content (AvgIpc) is 2.91. The number of nitrogens with zero attached hydrogens (tertiary/aromatic N) is 1. The van der Waals surface area contributed by atoms with Crippen LogP contribution in [0.2, 0.25) is 0 Å². The summed E-state index contributed by atoms with van der Waals surface area (Å²) in [5.74, 6) is 1.30. The number of hydrogen-bond acceptors (Lipinski definition) is 6. The molecule has 38 heavy (non-hydrogen) atoms. The van der Waals surface area contributed by atoms with Crippen LogP contribution in [0.15, 0.2) is 72.8 Å². The normalized spacial score (nSPS) is 10.7. The van der Waals surface area contributed by atoms with Crippen LogP contribution in [0.5, 0.6) is 11.5 Å². The summed E-state index contributed by atoms with van der Waals surface area (Å²) in [6.45, 7) is 7.26. The number of benzene rings is 3. The van der Waals surface area contributed by atoms with Gasteiger partial charge in [0.05, 0.1) is 24.8 Å². The zero-order chi connectivity index (χ0) is 27.4. The predicted octanol–water partition coefficient (Wildman–Crippen LogP) is 5.36. The fraction of sp³-hybridized carbons (Fsp3) is 0.300. The summed E-state index contributed by atoms with van der Waals surface area (Å²) in [4.78, 5) is 24.0. The number of alkyl carbamates (subject to hydrolysis) is 1. The lowest BCUT2D eigenvalue weighted by Crippen LogP contribution is -2.32. The van der Waals surface area contributed by atoms with Crippen LogP contribution in [-0.2, 0) is 17.8 Å². The van der Waals surface area contributed by atoms with Crippen molar-refractivity contribution in [1.82, 2.24) is 10.6 Å². The summed E-state index contributed by atoms with van der Waals surface area (Å²) >= 11 is 0. The Balaban J connectivity index is 1.30. The van der Waals surface area contributed by atoms with Gasteiger partial charge in [-0.25, -0.2) is 4.79 Å². The van der Waals surface area contributed by atoms with Gasteiger partial charge in [0.1, 0.15) is 17.1 Å². The number of hydrogen-bond donors (Lipinski definition) is 2. The molecule has 0 aliphatic heterocycles. The molecule has 3 rings (SSSR count). The number of nitriles is 1. The molecule has 0 spiro atoms.